The Morgan fingerprint density at radius 2 is 1.87 bits per heavy atom. The molecular weight excluding hydrogens is 406 g/mol. The highest BCUT2D eigenvalue weighted by molar-refractivity contribution is 7.96. The van der Waals surface area contributed by atoms with E-state index < -0.39 is 29.2 Å². The number of rotatable bonds is 10. The minimum Gasteiger partial charge on any atom is -0.445 e. The maximum absolute atomic E-state index is 12.8. The summed E-state index contributed by atoms with van der Waals surface area (Å²) in [4.78, 5) is 48.7. The molecule has 0 saturated carbocycles. The molecule has 0 spiro atoms. The van der Waals surface area contributed by atoms with Crippen LogP contribution in [0.3, 0.4) is 0 Å². The summed E-state index contributed by atoms with van der Waals surface area (Å²) >= 11 is 3.85. The van der Waals surface area contributed by atoms with Crippen LogP contribution in [-0.2, 0) is 25.7 Å². The number of ether oxygens (including phenoxy) is 1. The Kier molecular flexibility index (Phi) is 9.16. The molecule has 1 saturated heterocycles. The van der Waals surface area contributed by atoms with Crippen LogP contribution in [0.4, 0.5) is 4.79 Å². The van der Waals surface area contributed by atoms with Crippen molar-refractivity contribution in [2.75, 3.05) is 6.54 Å². The number of benzene rings is 1. The van der Waals surface area contributed by atoms with Gasteiger partial charge < -0.3 is 20.7 Å². The minimum absolute atomic E-state index is 0.0806. The molecule has 30 heavy (non-hydrogen) atoms. The highest BCUT2D eigenvalue weighted by Gasteiger charge is 2.32. The van der Waals surface area contributed by atoms with Crippen LogP contribution in [0.15, 0.2) is 30.3 Å². The summed E-state index contributed by atoms with van der Waals surface area (Å²) in [5.74, 6) is -0.879. The fourth-order valence-corrected chi connectivity index (χ4v) is 3.43. The quantitative estimate of drug-likeness (QED) is 0.419. The molecule has 1 heterocycles. The molecule has 1 aliphatic heterocycles. The second-order valence-corrected chi connectivity index (χ2v) is 8.24. The predicted octanol–water partition coefficient (Wildman–Crippen LogP) is 1.79. The molecule has 0 radical (unpaired) electrons. The van der Waals surface area contributed by atoms with Gasteiger partial charge in [0.05, 0.1) is 6.04 Å². The zero-order valence-electron chi connectivity index (χ0n) is 17.2. The predicted molar refractivity (Wildman–Crippen MR) is 115 cm³/mol. The van der Waals surface area contributed by atoms with E-state index in [9.17, 15) is 19.2 Å². The second-order valence-electron chi connectivity index (χ2n) is 7.80. The summed E-state index contributed by atoms with van der Waals surface area (Å²) < 4.78 is 5.20. The summed E-state index contributed by atoms with van der Waals surface area (Å²) in [7, 11) is 0. The number of carbonyl (C=O) groups is 4. The summed E-state index contributed by atoms with van der Waals surface area (Å²) in [6.07, 6.45) is 0.422. The van der Waals surface area contributed by atoms with Crippen molar-refractivity contribution >= 4 is 35.7 Å². The first kappa shape index (κ1) is 23.7. The molecule has 0 unspecified atom stereocenters. The van der Waals surface area contributed by atoms with Crippen molar-refractivity contribution in [3.63, 3.8) is 0 Å². The van der Waals surface area contributed by atoms with Crippen LogP contribution >= 0.6 is 12.6 Å². The molecule has 1 aromatic rings. The van der Waals surface area contributed by atoms with Gasteiger partial charge in [-0.1, -0.05) is 44.2 Å². The molecule has 0 aromatic heterocycles. The third-order valence-corrected chi connectivity index (χ3v) is 5.14. The number of amides is 3. The average Bonchev–Trinajstić information content (AvgIpc) is 3.10. The van der Waals surface area contributed by atoms with E-state index in [-0.39, 0.29) is 30.8 Å². The van der Waals surface area contributed by atoms with E-state index in [1.165, 1.54) is 0 Å². The highest BCUT2D eigenvalue weighted by atomic mass is 32.1. The standard InChI is InChI=1S/C21H29N3O5S/c1-13(2)10-16(24-21(28)29-12-14-6-4-3-5-7-14)19(26)23-17(20(27)30)11-15-8-9-22-18(15)25/h3-7,13,15-17H,8-12H2,1-2H3,(H,22,25)(H,23,26)(H,24,28)(H,27,30)/t15-,16-,17-/m0/s1. The van der Waals surface area contributed by atoms with Crippen LogP contribution in [-0.4, -0.2) is 41.7 Å². The van der Waals surface area contributed by atoms with Crippen LogP contribution in [0, 0.1) is 11.8 Å². The second kappa shape index (κ2) is 11.6. The lowest BCUT2D eigenvalue weighted by molar-refractivity contribution is -0.128. The Hall–Kier alpha value is -2.55. The number of nitrogens with one attached hydrogen (secondary N) is 3. The van der Waals surface area contributed by atoms with Gasteiger partial charge in [0.25, 0.3) is 0 Å². The first-order valence-corrected chi connectivity index (χ1v) is 10.5. The number of hydrogen-bond acceptors (Lipinski definition) is 5. The van der Waals surface area contributed by atoms with Crippen molar-refractivity contribution in [1.29, 1.82) is 0 Å². The molecule has 1 aliphatic rings. The van der Waals surface area contributed by atoms with Crippen molar-refractivity contribution in [1.82, 2.24) is 16.0 Å². The summed E-state index contributed by atoms with van der Waals surface area (Å²) in [6.45, 7) is 4.47. The van der Waals surface area contributed by atoms with E-state index in [4.69, 9.17) is 4.74 Å². The largest absolute Gasteiger partial charge is 0.445 e. The van der Waals surface area contributed by atoms with Gasteiger partial charge in [-0.05, 0) is 30.7 Å². The lowest BCUT2D eigenvalue weighted by atomic mass is 9.98. The molecule has 8 nitrogen and oxygen atoms in total. The van der Waals surface area contributed by atoms with E-state index in [0.717, 1.165) is 5.56 Å². The van der Waals surface area contributed by atoms with Gasteiger partial charge in [0, 0.05) is 12.5 Å². The van der Waals surface area contributed by atoms with Gasteiger partial charge >= 0.3 is 6.09 Å². The molecule has 3 N–H and O–H groups in total. The van der Waals surface area contributed by atoms with E-state index in [0.29, 0.717) is 19.4 Å². The molecule has 3 atom stereocenters. The first-order valence-electron chi connectivity index (χ1n) is 10.0. The van der Waals surface area contributed by atoms with Gasteiger partial charge in [-0.25, -0.2) is 4.79 Å². The number of thiol groups is 1. The lowest BCUT2D eigenvalue weighted by Crippen LogP contribution is -2.52. The number of alkyl carbamates (subject to hydrolysis) is 1. The number of carbonyl (C=O) groups excluding carboxylic acids is 4. The monoisotopic (exact) mass is 435 g/mol. The maximum atomic E-state index is 12.8. The van der Waals surface area contributed by atoms with E-state index in [2.05, 4.69) is 28.6 Å². The minimum atomic E-state index is -0.911. The first-order chi connectivity index (χ1) is 14.3. The lowest BCUT2D eigenvalue weighted by Gasteiger charge is -2.24. The summed E-state index contributed by atoms with van der Waals surface area (Å²) in [6, 6.07) is 7.41. The molecule has 0 bridgehead atoms. The normalized spacial score (nSPS) is 17.7. The molecule has 3 amide bonds. The third-order valence-electron chi connectivity index (χ3n) is 4.83. The van der Waals surface area contributed by atoms with Crippen LogP contribution in [0.5, 0.6) is 0 Å². The summed E-state index contributed by atoms with van der Waals surface area (Å²) in [5.41, 5.74) is 0.827. The zero-order valence-corrected chi connectivity index (χ0v) is 18.1. The van der Waals surface area contributed by atoms with Crippen LogP contribution in [0.1, 0.15) is 38.7 Å². The summed E-state index contributed by atoms with van der Waals surface area (Å²) in [5, 5.41) is 7.39. The topological polar surface area (TPSA) is 114 Å². The van der Waals surface area contributed by atoms with Crippen molar-refractivity contribution in [3.8, 4) is 0 Å². The third kappa shape index (κ3) is 7.70. The van der Waals surface area contributed by atoms with Crippen molar-refractivity contribution in [2.45, 2.75) is 51.8 Å². The van der Waals surface area contributed by atoms with Gasteiger partial charge in [0.1, 0.15) is 12.6 Å². The number of hydrogen-bond donors (Lipinski definition) is 4. The fourth-order valence-electron chi connectivity index (χ4n) is 3.26. The molecule has 9 heteroatoms. The molecule has 0 aliphatic carbocycles. The van der Waals surface area contributed by atoms with Crippen molar-refractivity contribution in [2.24, 2.45) is 11.8 Å². The molecular formula is C21H29N3O5S. The smallest absolute Gasteiger partial charge is 0.408 e. The molecule has 1 fully saturated rings. The van der Waals surface area contributed by atoms with Crippen molar-refractivity contribution in [3.05, 3.63) is 35.9 Å². The van der Waals surface area contributed by atoms with E-state index in [1.54, 1.807) is 0 Å². The highest BCUT2D eigenvalue weighted by Crippen LogP contribution is 2.18. The Bertz CT molecular complexity index is 756. The zero-order chi connectivity index (χ0) is 22.1. The molecule has 2 rings (SSSR count). The van der Waals surface area contributed by atoms with Crippen LogP contribution in [0.2, 0.25) is 0 Å². The van der Waals surface area contributed by atoms with Crippen LogP contribution < -0.4 is 16.0 Å². The van der Waals surface area contributed by atoms with Gasteiger partial charge in [-0.15, -0.1) is 12.6 Å². The van der Waals surface area contributed by atoms with Crippen LogP contribution in [0.25, 0.3) is 0 Å². The van der Waals surface area contributed by atoms with E-state index >= 15 is 0 Å². The fraction of sp³-hybridized carbons (Fsp3) is 0.524. The molecule has 1 aromatic carbocycles. The Morgan fingerprint density at radius 1 is 1.17 bits per heavy atom. The van der Waals surface area contributed by atoms with Gasteiger partial charge in [-0.2, -0.15) is 0 Å². The SMILES string of the molecule is CC(C)C[C@H](NC(=O)OCc1ccccc1)C(=O)N[C@@H](C[C@@H]1CCNC1=O)C(=O)S. The Labute approximate surface area is 181 Å². The van der Waals surface area contributed by atoms with Gasteiger partial charge in [0.15, 0.2) is 0 Å². The van der Waals surface area contributed by atoms with Crippen molar-refractivity contribution < 1.29 is 23.9 Å². The van der Waals surface area contributed by atoms with Gasteiger partial charge in [-0.3, -0.25) is 14.4 Å². The van der Waals surface area contributed by atoms with Gasteiger partial charge in [0.2, 0.25) is 16.9 Å². The Balaban J connectivity index is 1.95. The van der Waals surface area contributed by atoms with E-state index in [1.807, 2.05) is 44.2 Å². The maximum Gasteiger partial charge on any atom is 0.408 e. The Morgan fingerprint density at radius 3 is 2.43 bits per heavy atom. The molecule has 164 valence electrons. The average molecular weight is 436 g/mol.